The van der Waals surface area contributed by atoms with Crippen LogP contribution in [0, 0.1) is 17.8 Å². The molecule has 6 atom stereocenters. The second-order valence-electron chi connectivity index (χ2n) is 21.3. The number of carboxylic acid groups (broad SMARTS) is 5. The second-order valence-corrected chi connectivity index (χ2v) is 21.7. The van der Waals surface area contributed by atoms with Gasteiger partial charge in [-0.1, -0.05) is 42.5 Å². The van der Waals surface area contributed by atoms with Crippen LogP contribution in [0.15, 0.2) is 67.1 Å². The summed E-state index contributed by atoms with van der Waals surface area (Å²) in [5.74, 6) is -14.4. The molecule has 1 saturated heterocycles. The number of amides is 3. The standard InChI is InChI=1S/C57H79N11O18S/c1-36(47(72)25-40(23-43-28-58-35-60-43)55(84)63-45(33-69)48(73)26-39(22-37-6-3-2-4-7-37)54(83)64-46(34-70)56(85)86)61-53(82)41(27-49(74)75)24-44(71)8-5-13-59-57(87)62-42-11-9-38(10-12-42)29-65-14-16-66(30-50(76)77)18-20-68(32-52(80)81)21-19-67(17-15-65)31-51(78)79/h2-4,6-7,9-12,28,35-36,39-41,45-46,69-70H,5,8,13-27,29-34H2,1H3,(H,58,60)(H,61,82)(H,63,84)(H,64,83)(H,74,75)(H,76,77)(H,78,79)(H,80,81)(H,85,86)(H2,59,62,87)/t36-,39+,40+,41-,45-,46-/m0/s1. The third-order valence-electron chi connectivity index (χ3n) is 14.3. The van der Waals surface area contributed by atoms with Crippen LogP contribution in [0.25, 0.3) is 0 Å². The van der Waals surface area contributed by atoms with Crippen LogP contribution in [-0.4, -0.2) is 245 Å². The van der Waals surface area contributed by atoms with E-state index in [1.54, 1.807) is 57.2 Å². The highest BCUT2D eigenvalue weighted by atomic mass is 32.1. The molecule has 87 heavy (non-hydrogen) atoms. The van der Waals surface area contributed by atoms with Crippen LogP contribution in [-0.2, 0) is 72.1 Å². The lowest BCUT2D eigenvalue weighted by molar-refractivity contribution is -0.144. The molecular weight excluding hydrogens is 1160 g/mol. The summed E-state index contributed by atoms with van der Waals surface area (Å²) in [6, 6.07) is 11.2. The maximum atomic E-state index is 13.9. The fraction of sp³-hybridized carbons (Fsp3) is 0.526. The maximum Gasteiger partial charge on any atom is 0.328 e. The first-order valence-corrected chi connectivity index (χ1v) is 28.7. The quantitative estimate of drug-likeness (QED) is 0.0237. The Labute approximate surface area is 507 Å². The first-order valence-electron chi connectivity index (χ1n) is 28.3. The minimum atomic E-state index is -1.67. The van der Waals surface area contributed by atoms with Crippen LogP contribution in [0.1, 0.15) is 62.3 Å². The lowest BCUT2D eigenvalue weighted by Crippen LogP contribution is -2.50. The van der Waals surface area contributed by atoms with Gasteiger partial charge in [-0.3, -0.25) is 67.5 Å². The minimum absolute atomic E-state index is 0.0501. The monoisotopic (exact) mass is 1240 g/mol. The number of H-pyrrole nitrogens is 1. The fourth-order valence-electron chi connectivity index (χ4n) is 9.53. The Morgan fingerprint density at radius 1 is 0.575 bits per heavy atom. The topological polar surface area (TPSA) is 431 Å². The number of ketones is 3. The van der Waals surface area contributed by atoms with E-state index in [0.29, 0.717) is 62.8 Å². The predicted molar refractivity (Wildman–Crippen MR) is 315 cm³/mol. The highest BCUT2D eigenvalue weighted by molar-refractivity contribution is 7.80. The van der Waals surface area contributed by atoms with Crippen molar-refractivity contribution in [1.29, 1.82) is 0 Å². The summed E-state index contributed by atoms with van der Waals surface area (Å²) in [5, 5.41) is 80.8. The Kier molecular flexibility index (Phi) is 30.7. The number of rotatable bonds is 36. The average Bonchev–Trinajstić information content (AvgIpc) is 4.10. The Balaban J connectivity index is 1.29. The summed E-state index contributed by atoms with van der Waals surface area (Å²) < 4.78 is 0. The summed E-state index contributed by atoms with van der Waals surface area (Å²) in [5.41, 5.74) is 2.54. The molecule has 30 heteroatoms. The molecule has 2 heterocycles. The van der Waals surface area contributed by atoms with E-state index >= 15 is 0 Å². The number of aromatic nitrogens is 2. The van der Waals surface area contributed by atoms with Gasteiger partial charge in [-0.25, -0.2) is 9.78 Å². The number of carbonyl (C=O) groups is 11. The molecule has 476 valence electrons. The number of aromatic amines is 1. The summed E-state index contributed by atoms with van der Waals surface area (Å²) in [6.45, 7) is 2.15. The largest absolute Gasteiger partial charge is 0.481 e. The van der Waals surface area contributed by atoms with Gasteiger partial charge in [-0.15, -0.1) is 0 Å². The third kappa shape index (κ3) is 27.4. The summed E-state index contributed by atoms with van der Waals surface area (Å²) in [7, 11) is 0. The number of nitrogens with one attached hydrogen (secondary N) is 6. The second kappa shape index (κ2) is 37.4. The van der Waals surface area contributed by atoms with Gasteiger partial charge >= 0.3 is 29.8 Å². The van der Waals surface area contributed by atoms with E-state index in [0.717, 1.165) is 5.56 Å². The van der Waals surface area contributed by atoms with Gasteiger partial charge in [0.05, 0.1) is 63.5 Å². The molecule has 1 aliphatic rings. The summed E-state index contributed by atoms with van der Waals surface area (Å²) in [4.78, 5) is 154. The number of Topliss-reactive ketones (excluding diaryl/α,β-unsaturated/α-hetero) is 3. The van der Waals surface area contributed by atoms with Crippen molar-refractivity contribution in [2.24, 2.45) is 17.8 Å². The molecule has 0 radical (unpaired) electrons. The molecule has 0 unspecified atom stereocenters. The van der Waals surface area contributed by atoms with E-state index in [9.17, 15) is 88.5 Å². The lowest BCUT2D eigenvalue weighted by Gasteiger charge is -2.33. The van der Waals surface area contributed by atoms with Crippen LogP contribution >= 0.6 is 12.2 Å². The van der Waals surface area contributed by atoms with Gasteiger partial charge in [0.25, 0.3) is 0 Å². The van der Waals surface area contributed by atoms with Gasteiger partial charge in [-0.05, 0) is 55.2 Å². The Bertz CT molecular complexity index is 2760. The molecule has 29 nitrogen and oxygen atoms in total. The smallest absolute Gasteiger partial charge is 0.328 e. The molecule has 2 aromatic carbocycles. The number of hydrogen-bond acceptors (Lipinski definition) is 19. The van der Waals surface area contributed by atoms with Crippen LogP contribution in [0.4, 0.5) is 5.69 Å². The highest BCUT2D eigenvalue weighted by Gasteiger charge is 2.34. The number of anilines is 1. The summed E-state index contributed by atoms with van der Waals surface area (Å²) in [6.07, 6.45) is 0.369. The van der Waals surface area contributed by atoms with Crippen molar-refractivity contribution >= 4 is 87.9 Å². The number of benzene rings is 2. The van der Waals surface area contributed by atoms with E-state index in [1.807, 2.05) is 12.1 Å². The number of carbonyl (C=O) groups excluding carboxylic acids is 6. The van der Waals surface area contributed by atoms with E-state index in [1.165, 1.54) is 19.4 Å². The molecule has 0 spiro atoms. The predicted octanol–water partition coefficient (Wildman–Crippen LogP) is -1.32. The van der Waals surface area contributed by atoms with E-state index < -0.39 is 140 Å². The number of aliphatic hydroxyl groups excluding tert-OH is 2. The fourth-order valence-corrected chi connectivity index (χ4v) is 9.75. The van der Waals surface area contributed by atoms with E-state index in [2.05, 4.69) is 41.5 Å². The molecule has 3 aromatic rings. The lowest BCUT2D eigenvalue weighted by atomic mass is 9.90. The molecule has 0 aliphatic carbocycles. The van der Waals surface area contributed by atoms with Crippen molar-refractivity contribution in [2.45, 2.75) is 83.0 Å². The van der Waals surface area contributed by atoms with Crippen LogP contribution in [0.3, 0.4) is 0 Å². The number of aliphatic carboxylic acids is 5. The van der Waals surface area contributed by atoms with Crippen LogP contribution in [0.5, 0.6) is 0 Å². The molecule has 1 aromatic heterocycles. The van der Waals surface area contributed by atoms with Crippen molar-refractivity contribution < 1.29 is 88.5 Å². The number of imidazole rings is 1. The zero-order chi connectivity index (χ0) is 64.0. The Hall–Kier alpha value is -8.13. The van der Waals surface area contributed by atoms with Crippen LogP contribution in [0.2, 0.25) is 0 Å². The van der Waals surface area contributed by atoms with Crippen molar-refractivity contribution in [3.8, 4) is 0 Å². The van der Waals surface area contributed by atoms with Crippen molar-refractivity contribution in [3.63, 3.8) is 0 Å². The van der Waals surface area contributed by atoms with Gasteiger partial charge in [-0.2, -0.15) is 0 Å². The molecule has 4 rings (SSSR count). The number of carboxylic acids is 5. The van der Waals surface area contributed by atoms with Gasteiger partial charge in [0.15, 0.2) is 16.7 Å². The zero-order valence-corrected chi connectivity index (χ0v) is 49.2. The first kappa shape index (κ1) is 71.4. The Morgan fingerprint density at radius 3 is 1.57 bits per heavy atom. The molecule has 0 bridgehead atoms. The average molecular weight is 1240 g/mol. The highest BCUT2D eigenvalue weighted by Crippen LogP contribution is 2.19. The van der Waals surface area contributed by atoms with E-state index in [4.69, 9.17) is 12.2 Å². The number of nitrogens with zero attached hydrogens (tertiary/aromatic N) is 5. The minimum Gasteiger partial charge on any atom is -0.481 e. The number of aliphatic hydroxyl groups is 2. The van der Waals surface area contributed by atoms with Crippen molar-refractivity contribution in [2.75, 3.05) is 97.1 Å². The molecular formula is C57H79N11O18S. The molecule has 3 amide bonds. The van der Waals surface area contributed by atoms with Crippen molar-refractivity contribution in [1.82, 2.24) is 50.8 Å². The molecule has 0 saturated carbocycles. The molecule has 13 N–H and O–H groups in total. The van der Waals surface area contributed by atoms with Gasteiger partial charge in [0.1, 0.15) is 17.9 Å². The zero-order valence-electron chi connectivity index (χ0n) is 48.3. The van der Waals surface area contributed by atoms with Crippen molar-refractivity contribution in [3.05, 3.63) is 83.9 Å². The first-order chi connectivity index (χ1) is 41.4. The molecule has 1 aliphatic heterocycles. The SMILES string of the molecule is C[C@H](NC(=O)[C@H](CC(=O)O)CC(=O)CCCNC(=S)Nc1ccc(CN2CCN(CC(=O)O)CCN(CC(=O)O)CCN(CC(=O)O)CC2)cc1)C(=O)C[C@@H](Cc1cnc[nH]1)C(=O)N[C@@H](CO)C(=O)C[C@@H](Cc1ccccc1)C(=O)N[C@@H](CO)C(=O)O. The van der Waals surface area contributed by atoms with Gasteiger partial charge < -0.3 is 67.3 Å². The summed E-state index contributed by atoms with van der Waals surface area (Å²) >= 11 is 5.47. The normalized spacial score (nSPS) is 15.9. The maximum absolute atomic E-state index is 13.9. The number of thiocarbonyl (C=S) groups is 1. The number of hydrogen-bond donors (Lipinski definition) is 13. The van der Waals surface area contributed by atoms with Gasteiger partial charge in [0, 0.05) is 121 Å². The van der Waals surface area contributed by atoms with Crippen LogP contribution < -0.4 is 26.6 Å². The Morgan fingerprint density at radius 2 is 1.08 bits per heavy atom. The third-order valence-corrected chi connectivity index (χ3v) is 14.6. The molecule has 1 fully saturated rings. The van der Waals surface area contributed by atoms with Gasteiger partial charge in [0.2, 0.25) is 17.7 Å². The van der Waals surface area contributed by atoms with E-state index in [-0.39, 0.29) is 70.1 Å².